The van der Waals surface area contributed by atoms with Crippen LogP contribution in [0, 0.1) is 11.8 Å². The average Bonchev–Trinajstić information content (AvgIpc) is 3.30. The third-order valence-corrected chi connectivity index (χ3v) is 5.36. The van der Waals surface area contributed by atoms with Gasteiger partial charge in [0.25, 0.3) is 0 Å². The van der Waals surface area contributed by atoms with Crippen molar-refractivity contribution in [1.82, 2.24) is 10.2 Å². The summed E-state index contributed by atoms with van der Waals surface area (Å²) in [5.41, 5.74) is 0.413. The molecule has 5 atom stereocenters. The Hall–Kier alpha value is -2.74. The summed E-state index contributed by atoms with van der Waals surface area (Å²) in [6.07, 6.45) is 1.01. The van der Waals surface area contributed by atoms with Crippen LogP contribution in [0.2, 0.25) is 0 Å². The molecule has 4 rings (SSSR count). The van der Waals surface area contributed by atoms with Crippen molar-refractivity contribution in [2.24, 2.45) is 11.8 Å². The number of hydrogen-bond acceptors (Lipinski definition) is 5. The number of likely N-dealkylation sites (tertiary alicyclic amines) is 1. The van der Waals surface area contributed by atoms with Gasteiger partial charge in [-0.05, 0) is 18.4 Å². The summed E-state index contributed by atoms with van der Waals surface area (Å²) in [4.78, 5) is 49.8. The number of amides is 3. The molecule has 0 saturated carbocycles. The minimum Gasteiger partial charge on any atom is -0.479 e. The number of imide groups is 1. The van der Waals surface area contributed by atoms with Gasteiger partial charge in [-0.1, -0.05) is 30.3 Å². The molecule has 2 bridgehead atoms. The smallest absolute Gasteiger partial charge is 0.330 e. The Morgan fingerprint density at radius 2 is 1.69 bits per heavy atom. The second-order valence-electron chi connectivity index (χ2n) is 6.85. The largest absolute Gasteiger partial charge is 0.479 e. The third kappa shape index (κ3) is 2.57. The molecule has 8 heteroatoms. The van der Waals surface area contributed by atoms with E-state index in [-0.39, 0.29) is 12.2 Å². The number of rotatable bonds is 5. The Bertz CT molecular complexity index is 751. The summed E-state index contributed by atoms with van der Waals surface area (Å²) in [6, 6.07) is 7.01. The molecule has 3 amide bonds. The van der Waals surface area contributed by atoms with Crippen LogP contribution in [0.15, 0.2) is 30.3 Å². The number of carboxylic acids is 1. The molecule has 136 valence electrons. The maximum Gasteiger partial charge on any atom is 0.330 e. The van der Waals surface area contributed by atoms with Crippen molar-refractivity contribution in [1.29, 1.82) is 0 Å². The summed E-state index contributed by atoms with van der Waals surface area (Å²) in [5.74, 6) is -3.69. The van der Waals surface area contributed by atoms with Gasteiger partial charge in [-0.3, -0.25) is 19.3 Å². The average molecular weight is 358 g/mol. The Morgan fingerprint density at radius 1 is 1.12 bits per heavy atom. The maximum atomic E-state index is 12.5. The highest BCUT2D eigenvalue weighted by Gasteiger charge is 2.62. The normalized spacial score (nSPS) is 30.4. The fourth-order valence-corrected chi connectivity index (χ4v) is 4.21. The van der Waals surface area contributed by atoms with Crippen LogP contribution in [0.4, 0.5) is 0 Å². The quantitative estimate of drug-likeness (QED) is 0.722. The molecule has 4 unspecified atom stereocenters. The first-order valence-corrected chi connectivity index (χ1v) is 8.55. The molecule has 2 N–H and O–H groups in total. The summed E-state index contributed by atoms with van der Waals surface area (Å²) in [7, 11) is 0. The molecule has 3 fully saturated rings. The molecular weight excluding hydrogens is 340 g/mol. The van der Waals surface area contributed by atoms with Gasteiger partial charge in [0.2, 0.25) is 17.7 Å². The van der Waals surface area contributed by atoms with E-state index in [1.807, 2.05) is 0 Å². The Kier molecular flexibility index (Phi) is 3.99. The number of aliphatic carboxylic acids is 1. The van der Waals surface area contributed by atoms with Crippen molar-refractivity contribution in [2.45, 2.75) is 31.1 Å². The first-order valence-electron chi connectivity index (χ1n) is 8.55. The van der Waals surface area contributed by atoms with Gasteiger partial charge >= 0.3 is 5.97 Å². The number of hydrogen-bond donors (Lipinski definition) is 2. The van der Waals surface area contributed by atoms with E-state index in [9.17, 15) is 24.3 Å². The van der Waals surface area contributed by atoms with Crippen molar-refractivity contribution < 1.29 is 29.0 Å². The monoisotopic (exact) mass is 358 g/mol. The predicted octanol–water partition coefficient (Wildman–Crippen LogP) is 0.0909. The van der Waals surface area contributed by atoms with Crippen LogP contribution in [-0.2, 0) is 23.9 Å². The summed E-state index contributed by atoms with van der Waals surface area (Å²) in [5, 5.41) is 11.8. The zero-order valence-corrected chi connectivity index (χ0v) is 13.8. The van der Waals surface area contributed by atoms with Crippen LogP contribution < -0.4 is 5.32 Å². The van der Waals surface area contributed by atoms with Crippen molar-refractivity contribution in [3.63, 3.8) is 0 Å². The Balaban J connectivity index is 1.46. The summed E-state index contributed by atoms with van der Waals surface area (Å²) >= 11 is 0. The molecule has 1 aromatic rings. The lowest BCUT2D eigenvalue weighted by molar-refractivity contribution is -0.146. The summed E-state index contributed by atoms with van der Waals surface area (Å²) < 4.78 is 5.64. The van der Waals surface area contributed by atoms with Crippen LogP contribution in [0.25, 0.3) is 0 Å². The van der Waals surface area contributed by atoms with Gasteiger partial charge in [-0.15, -0.1) is 0 Å². The van der Waals surface area contributed by atoms with E-state index >= 15 is 0 Å². The van der Waals surface area contributed by atoms with E-state index in [4.69, 9.17) is 4.74 Å². The van der Waals surface area contributed by atoms with Crippen molar-refractivity contribution >= 4 is 23.7 Å². The van der Waals surface area contributed by atoms with E-state index in [1.165, 1.54) is 0 Å². The highest BCUT2D eigenvalue weighted by atomic mass is 16.5. The van der Waals surface area contributed by atoms with Gasteiger partial charge < -0.3 is 15.2 Å². The van der Waals surface area contributed by atoms with E-state index in [0.717, 1.165) is 17.7 Å². The third-order valence-electron chi connectivity index (χ3n) is 5.36. The van der Waals surface area contributed by atoms with Gasteiger partial charge in [0, 0.05) is 0 Å². The molecule has 3 heterocycles. The van der Waals surface area contributed by atoms with Crippen molar-refractivity contribution in [2.75, 3.05) is 6.54 Å². The lowest BCUT2D eigenvalue weighted by Gasteiger charge is -2.19. The molecule has 0 aromatic heterocycles. The minimum absolute atomic E-state index is 0.245. The number of carboxylic acid groups (broad SMARTS) is 1. The number of carbonyl (C=O) groups is 4. The lowest BCUT2D eigenvalue weighted by atomic mass is 9.81. The molecule has 0 spiro atoms. The topological polar surface area (TPSA) is 113 Å². The van der Waals surface area contributed by atoms with Gasteiger partial charge in [-0.2, -0.15) is 0 Å². The second-order valence-corrected chi connectivity index (χ2v) is 6.85. The zero-order valence-electron chi connectivity index (χ0n) is 13.8. The van der Waals surface area contributed by atoms with Crippen LogP contribution in [0.1, 0.15) is 24.4 Å². The maximum absolute atomic E-state index is 12.5. The fourth-order valence-electron chi connectivity index (χ4n) is 4.21. The molecule has 3 aliphatic heterocycles. The van der Waals surface area contributed by atoms with Crippen LogP contribution >= 0.6 is 0 Å². The zero-order chi connectivity index (χ0) is 18.4. The molecular formula is C18H18N2O6. The van der Waals surface area contributed by atoms with Crippen LogP contribution in [0.3, 0.4) is 0 Å². The molecule has 26 heavy (non-hydrogen) atoms. The number of nitrogens with zero attached hydrogens (tertiary/aromatic N) is 1. The number of carbonyl (C=O) groups excluding carboxylic acids is 3. The molecule has 3 aliphatic rings. The molecule has 3 saturated heterocycles. The summed E-state index contributed by atoms with van der Waals surface area (Å²) in [6.45, 7) is -0.472. The number of nitrogens with one attached hydrogen (secondary N) is 1. The van der Waals surface area contributed by atoms with Gasteiger partial charge in [0.15, 0.2) is 6.04 Å². The van der Waals surface area contributed by atoms with Crippen molar-refractivity contribution in [3.8, 4) is 0 Å². The number of ether oxygens (including phenoxy) is 1. The first-order chi connectivity index (χ1) is 12.5. The van der Waals surface area contributed by atoms with E-state index < -0.39 is 48.1 Å². The standard InChI is InChI=1S/C18H18N2O6/c21-12(19-15(18(24)25)9-4-2-1-3-5-9)8-20-16(22)13-10-6-7-11(26-10)14(13)17(20)23/h1-5,10-11,13-15H,6-8H2,(H,19,21)(H,24,25)/t10?,11?,13?,14?,15-/m1/s1. The predicted molar refractivity (Wildman–Crippen MR) is 86.6 cm³/mol. The number of benzene rings is 1. The van der Waals surface area contributed by atoms with E-state index in [1.54, 1.807) is 30.3 Å². The van der Waals surface area contributed by atoms with Crippen LogP contribution in [-0.4, -0.2) is 52.4 Å². The SMILES string of the molecule is O=C(CN1C(=O)C2C3CCC(O3)C2C1=O)N[C@@H](C(=O)O)c1ccccc1. The minimum atomic E-state index is -1.24. The van der Waals surface area contributed by atoms with Crippen LogP contribution in [0.5, 0.6) is 0 Å². The molecule has 1 aromatic carbocycles. The van der Waals surface area contributed by atoms with Crippen molar-refractivity contribution in [3.05, 3.63) is 35.9 Å². The highest BCUT2D eigenvalue weighted by molar-refractivity contribution is 6.08. The van der Waals surface area contributed by atoms with Gasteiger partial charge in [0.05, 0.1) is 24.0 Å². The molecule has 0 radical (unpaired) electrons. The lowest BCUT2D eigenvalue weighted by Crippen LogP contribution is -2.44. The number of fused-ring (bicyclic) bond motifs is 5. The highest BCUT2D eigenvalue weighted by Crippen LogP contribution is 2.48. The van der Waals surface area contributed by atoms with Gasteiger partial charge in [-0.25, -0.2) is 4.79 Å². The second kappa shape index (κ2) is 6.21. The fraction of sp³-hybridized carbons (Fsp3) is 0.444. The first kappa shape index (κ1) is 16.7. The van der Waals surface area contributed by atoms with E-state index in [2.05, 4.69) is 5.32 Å². The van der Waals surface area contributed by atoms with E-state index in [0.29, 0.717) is 5.56 Å². The Labute approximate surface area is 149 Å². The Morgan fingerprint density at radius 3 is 2.23 bits per heavy atom. The molecule has 8 nitrogen and oxygen atoms in total. The van der Waals surface area contributed by atoms with Gasteiger partial charge in [0.1, 0.15) is 6.54 Å². The molecule has 0 aliphatic carbocycles.